The Labute approximate surface area is 134 Å². The molecule has 2 fully saturated rings. The van der Waals surface area contributed by atoms with Crippen LogP contribution < -0.4 is 0 Å². The zero-order valence-electron chi connectivity index (χ0n) is 14.1. The van der Waals surface area contributed by atoms with Crippen molar-refractivity contribution < 1.29 is 14.2 Å². The average Bonchev–Trinajstić information content (AvgIpc) is 2.94. The molecule has 2 heterocycles. The number of hydrogen-bond donors (Lipinski definition) is 0. The van der Waals surface area contributed by atoms with E-state index < -0.39 is 0 Å². The van der Waals surface area contributed by atoms with Crippen LogP contribution in [0.4, 0.5) is 0 Å². The Morgan fingerprint density at radius 1 is 1.27 bits per heavy atom. The largest absolute Gasteiger partial charge is 0.374 e. The minimum absolute atomic E-state index is 0.0444. The van der Waals surface area contributed by atoms with Gasteiger partial charge in [0.05, 0.1) is 12.2 Å². The number of rotatable bonds is 4. The van der Waals surface area contributed by atoms with Crippen molar-refractivity contribution in [3.63, 3.8) is 0 Å². The summed E-state index contributed by atoms with van der Waals surface area (Å²) in [6.45, 7) is 5.19. The van der Waals surface area contributed by atoms with Crippen LogP contribution in [0.15, 0.2) is 23.9 Å². The van der Waals surface area contributed by atoms with E-state index in [4.69, 9.17) is 14.2 Å². The van der Waals surface area contributed by atoms with E-state index in [1.165, 1.54) is 5.70 Å². The highest BCUT2D eigenvalue weighted by atomic mass is 16.7. The molecule has 0 bridgehead atoms. The summed E-state index contributed by atoms with van der Waals surface area (Å²) < 4.78 is 17.0. The molecule has 0 radical (unpaired) electrons. The van der Waals surface area contributed by atoms with Crippen LogP contribution >= 0.6 is 0 Å². The molecular formula is C18H29NO3. The van der Waals surface area contributed by atoms with Crippen molar-refractivity contribution in [3.05, 3.63) is 23.9 Å². The van der Waals surface area contributed by atoms with Gasteiger partial charge in [-0.25, -0.2) is 0 Å². The molecule has 4 heteroatoms. The molecule has 1 aliphatic carbocycles. The number of methoxy groups -OCH3 is 2. The van der Waals surface area contributed by atoms with Gasteiger partial charge in [-0.1, -0.05) is 19.1 Å². The minimum atomic E-state index is -0.136. The van der Waals surface area contributed by atoms with Crippen LogP contribution in [-0.2, 0) is 14.2 Å². The zero-order valence-corrected chi connectivity index (χ0v) is 14.1. The molecule has 3 rings (SSSR count). The molecule has 0 aromatic heterocycles. The van der Waals surface area contributed by atoms with Gasteiger partial charge >= 0.3 is 0 Å². The van der Waals surface area contributed by atoms with Crippen LogP contribution in [-0.4, -0.2) is 50.7 Å². The second-order valence-electron chi connectivity index (χ2n) is 6.99. The monoisotopic (exact) mass is 307 g/mol. The maximum Gasteiger partial charge on any atom is 0.161 e. The molecule has 2 unspecified atom stereocenters. The van der Waals surface area contributed by atoms with Crippen molar-refractivity contribution in [2.24, 2.45) is 11.8 Å². The molecule has 3 aliphatic rings. The lowest BCUT2D eigenvalue weighted by Gasteiger charge is -2.41. The van der Waals surface area contributed by atoms with Gasteiger partial charge in [-0.15, -0.1) is 0 Å². The first kappa shape index (κ1) is 16.0. The molecule has 0 N–H and O–H groups in total. The lowest BCUT2D eigenvalue weighted by molar-refractivity contribution is -0.136. The summed E-state index contributed by atoms with van der Waals surface area (Å²) in [4.78, 5) is 2.51. The maximum absolute atomic E-state index is 6.21. The maximum atomic E-state index is 6.21. The fourth-order valence-corrected chi connectivity index (χ4v) is 4.01. The van der Waals surface area contributed by atoms with Gasteiger partial charge in [0.1, 0.15) is 0 Å². The Bertz CT molecular complexity index is 434. The lowest BCUT2D eigenvalue weighted by Crippen LogP contribution is -2.43. The van der Waals surface area contributed by atoms with Gasteiger partial charge in [0.25, 0.3) is 0 Å². The fraction of sp³-hybridized carbons (Fsp3) is 0.778. The van der Waals surface area contributed by atoms with E-state index in [2.05, 4.69) is 30.1 Å². The predicted octanol–water partition coefficient (Wildman–Crippen LogP) is 2.96. The topological polar surface area (TPSA) is 30.9 Å². The third-order valence-electron chi connectivity index (χ3n) is 5.42. The zero-order chi connectivity index (χ0) is 15.6. The molecule has 0 aromatic rings. The van der Waals surface area contributed by atoms with E-state index in [0.29, 0.717) is 11.8 Å². The Morgan fingerprint density at radius 3 is 2.59 bits per heavy atom. The van der Waals surface area contributed by atoms with Gasteiger partial charge in [-0.2, -0.15) is 0 Å². The highest BCUT2D eigenvalue weighted by Gasteiger charge is 2.45. The van der Waals surface area contributed by atoms with Crippen LogP contribution in [0.1, 0.15) is 32.6 Å². The molecular weight excluding hydrogens is 278 g/mol. The number of likely N-dealkylation sites (tertiary alicyclic amines) is 1. The van der Waals surface area contributed by atoms with E-state index >= 15 is 0 Å². The Morgan fingerprint density at radius 2 is 2.00 bits per heavy atom. The molecule has 0 saturated carbocycles. The highest BCUT2D eigenvalue weighted by molar-refractivity contribution is 5.23. The normalized spacial score (nSPS) is 31.1. The third-order valence-corrected chi connectivity index (χ3v) is 5.42. The van der Waals surface area contributed by atoms with Gasteiger partial charge < -0.3 is 19.1 Å². The first-order valence-electron chi connectivity index (χ1n) is 8.49. The van der Waals surface area contributed by atoms with E-state index in [9.17, 15) is 0 Å². The van der Waals surface area contributed by atoms with Gasteiger partial charge in [-0.05, 0) is 37.7 Å². The molecule has 124 valence electrons. The standard InChI is InChI=1S/C18H29NO3/c1-14-4-6-16(7-5-14)19-10-8-18(9-11-19)12-15(13-22-18)17(20-2)21-3/h4,6-7,14-15,17H,5,8-13H2,1-3H3. The van der Waals surface area contributed by atoms with Crippen molar-refractivity contribution in [3.8, 4) is 0 Å². The Balaban J connectivity index is 1.55. The van der Waals surface area contributed by atoms with Crippen molar-refractivity contribution in [2.75, 3.05) is 33.9 Å². The van der Waals surface area contributed by atoms with Gasteiger partial charge in [0, 0.05) is 38.9 Å². The summed E-state index contributed by atoms with van der Waals surface area (Å²) in [7, 11) is 3.43. The summed E-state index contributed by atoms with van der Waals surface area (Å²) in [6, 6.07) is 0. The Hall–Kier alpha value is -0.840. The van der Waals surface area contributed by atoms with Crippen molar-refractivity contribution in [2.45, 2.75) is 44.5 Å². The molecule has 4 nitrogen and oxygen atoms in total. The smallest absolute Gasteiger partial charge is 0.161 e. The summed E-state index contributed by atoms with van der Waals surface area (Å²) in [5.41, 5.74) is 1.44. The molecule has 0 amide bonds. The summed E-state index contributed by atoms with van der Waals surface area (Å²) in [6.07, 6.45) is 11.3. The number of ether oxygens (including phenoxy) is 3. The summed E-state index contributed by atoms with van der Waals surface area (Å²) in [5, 5.41) is 0. The Kier molecular flexibility index (Phi) is 4.91. The molecule has 2 aliphatic heterocycles. The number of hydrogen-bond acceptors (Lipinski definition) is 4. The average molecular weight is 307 g/mol. The van der Waals surface area contributed by atoms with E-state index in [-0.39, 0.29) is 11.9 Å². The second kappa shape index (κ2) is 6.73. The highest BCUT2D eigenvalue weighted by Crippen LogP contribution is 2.41. The summed E-state index contributed by atoms with van der Waals surface area (Å²) in [5.74, 6) is 1.04. The van der Waals surface area contributed by atoms with Gasteiger partial charge in [0.15, 0.2) is 6.29 Å². The fourth-order valence-electron chi connectivity index (χ4n) is 4.01. The number of piperidine rings is 1. The van der Waals surface area contributed by atoms with Gasteiger partial charge in [0.2, 0.25) is 0 Å². The molecule has 1 spiro atoms. The minimum Gasteiger partial charge on any atom is -0.374 e. The first-order chi connectivity index (χ1) is 10.7. The van der Waals surface area contributed by atoms with Crippen molar-refractivity contribution in [1.29, 1.82) is 0 Å². The number of nitrogens with zero attached hydrogens (tertiary/aromatic N) is 1. The summed E-state index contributed by atoms with van der Waals surface area (Å²) >= 11 is 0. The molecule has 2 atom stereocenters. The van der Waals surface area contributed by atoms with Gasteiger partial charge in [-0.3, -0.25) is 0 Å². The van der Waals surface area contributed by atoms with Crippen LogP contribution in [0.3, 0.4) is 0 Å². The molecule has 0 aromatic carbocycles. The second-order valence-corrected chi connectivity index (χ2v) is 6.99. The third kappa shape index (κ3) is 3.24. The van der Waals surface area contributed by atoms with Crippen molar-refractivity contribution >= 4 is 0 Å². The van der Waals surface area contributed by atoms with Crippen LogP contribution in [0.25, 0.3) is 0 Å². The van der Waals surface area contributed by atoms with E-state index in [1.54, 1.807) is 14.2 Å². The molecule has 2 saturated heterocycles. The first-order valence-corrected chi connectivity index (χ1v) is 8.49. The van der Waals surface area contributed by atoms with Crippen LogP contribution in [0, 0.1) is 11.8 Å². The van der Waals surface area contributed by atoms with Crippen LogP contribution in [0.5, 0.6) is 0 Å². The SMILES string of the molecule is COC(OC)C1COC2(CCN(C3=CCC(C)C=C3)CC2)C1. The van der Waals surface area contributed by atoms with Crippen LogP contribution in [0.2, 0.25) is 0 Å². The van der Waals surface area contributed by atoms with Crippen molar-refractivity contribution in [1.82, 2.24) is 4.90 Å². The quantitative estimate of drug-likeness (QED) is 0.747. The predicted molar refractivity (Wildman–Crippen MR) is 86.4 cm³/mol. The lowest BCUT2D eigenvalue weighted by atomic mass is 9.84. The molecule has 22 heavy (non-hydrogen) atoms. The van der Waals surface area contributed by atoms with E-state index in [0.717, 1.165) is 45.4 Å². The van der Waals surface area contributed by atoms with E-state index in [1.807, 2.05) is 0 Å². The number of allylic oxidation sites excluding steroid dienone is 3.